The number of hydrogen-bond donors (Lipinski definition) is 1. The van der Waals surface area contributed by atoms with E-state index in [1.54, 1.807) is 0 Å². The third-order valence-corrected chi connectivity index (χ3v) is 1.95. The van der Waals surface area contributed by atoms with Crippen molar-refractivity contribution < 1.29 is 9.53 Å². The molecule has 0 bridgehead atoms. The fourth-order valence-electron chi connectivity index (χ4n) is 1.19. The summed E-state index contributed by atoms with van der Waals surface area (Å²) in [6.07, 6.45) is 1.80. The van der Waals surface area contributed by atoms with Gasteiger partial charge >= 0.3 is 6.09 Å². The van der Waals surface area contributed by atoms with Gasteiger partial charge in [0.05, 0.1) is 6.04 Å². The Balaban J connectivity index is 2.20. The molecule has 0 aromatic carbocycles. The van der Waals surface area contributed by atoms with Gasteiger partial charge in [-0.2, -0.15) is 0 Å². The second kappa shape index (κ2) is 3.56. The lowest BCUT2D eigenvalue weighted by atomic mass is 10.2. The molecule has 1 aliphatic carbocycles. The Bertz CT molecular complexity index is 196. The maximum Gasteiger partial charge on any atom is 0.408 e. The minimum atomic E-state index is -0.402. The highest BCUT2D eigenvalue weighted by Gasteiger charge is 2.38. The van der Waals surface area contributed by atoms with E-state index in [0.717, 1.165) is 18.9 Å². The number of alkyl carbamates (subject to hydrolysis) is 1. The molecular formula is C10H18NO2. The summed E-state index contributed by atoms with van der Waals surface area (Å²) in [5.74, 6) is 0.590. The highest BCUT2D eigenvalue weighted by molar-refractivity contribution is 5.70. The molecule has 3 nitrogen and oxygen atoms in total. The molecule has 0 aliphatic heterocycles. The number of rotatable bonds is 2. The molecule has 1 rings (SSSR count). The molecule has 0 heterocycles. The molecule has 1 amide bonds. The van der Waals surface area contributed by atoms with E-state index in [1.165, 1.54) is 0 Å². The molecule has 1 radical (unpaired) electrons. The fraction of sp³-hybridized carbons (Fsp3) is 0.800. The van der Waals surface area contributed by atoms with Crippen LogP contribution in [-0.4, -0.2) is 11.7 Å². The van der Waals surface area contributed by atoms with E-state index in [9.17, 15) is 4.79 Å². The minimum absolute atomic E-state index is 0.321. The molecule has 0 aromatic heterocycles. The fourth-order valence-corrected chi connectivity index (χ4v) is 1.19. The number of hydrogen-bond acceptors (Lipinski definition) is 2. The van der Waals surface area contributed by atoms with Gasteiger partial charge < -0.3 is 10.1 Å². The van der Waals surface area contributed by atoms with Crippen molar-refractivity contribution >= 4 is 6.09 Å². The molecule has 0 aromatic rings. The van der Waals surface area contributed by atoms with Crippen molar-refractivity contribution in [1.82, 2.24) is 5.32 Å². The summed E-state index contributed by atoms with van der Waals surface area (Å²) in [5, 5.41) is 2.77. The summed E-state index contributed by atoms with van der Waals surface area (Å²) in [6, 6.07) is 1.12. The van der Waals surface area contributed by atoms with Gasteiger partial charge in [0.15, 0.2) is 0 Å². The second-order valence-electron chi connectivity index (χ2n) is 4.46. The summed E-state index contributed by atoms with van der Waals surface area (Å²) >= 11 is 0. The first kappa shape index (κ1) is 10.4. The van der Waals surface area contributed by atoms with E-state index in [4.69, 9.17) is 4.74 Å². The van der Waals surface area contributed by atoms with Crippen LogP contribution in [0.5, 0.6) is 0 Å². The predicted octanol–water partition coefficient (Wildman–Crippen LogP) is 2.47. The predicted molar refractivity (Wildman–Crippen MR) is 51.0 cm³/mol. The molecule has 13 heavy (non-hydrogen) atoms. The zero-order chi connectivity index (χ0) is 10.1. The Labute approximate surface area is 79.8 Å². The van der Waals surface area contributed by atoms with Gasteiger partial charge in [-0.3, -0.25) is 0 Å². The molecule has 1 N–H and O–H groups in total. The molecule has 1 aliphatic rings. The van der Waals surface area contributed by atoms with E-state index < -0.39 is 5.60 Å². The molecule has 3 heteroatoms. The van der Waals surface area contributed by atoms with Crippen LogP contribution in [0.15, 0.2) is 0 Å². The first-order valence-electron chi connectivity index (χ1n) is 4.78. The van der Waals surface area contributed by atoms with Gasteiger partial charge in [-0.05, 0) is 33.1 Å². The maximum absolute atomic E-state index is 11.2. The molecule has 0 spiro atoms. The van der Waals surface area contributed by atoms with Crippen molar-refractivity contribution in [3.63, 3.8) is 0 Å². The highest BCUT2D eigenvalue weighted by atomic mass is 16.6. The molecular weight excluding hydrogens is 166 g/mol. The van der Waals surface area contributed by atoms with Crippen molar-refractivity contribution in [1.29, 1.82) is 0 Å². The number of carbonyl (C=O) groups is 1. The highest BCUT2D eigenvalue weighted by Crippen LogP contribution is 2.40. The lowest BCUT2D eigenvalue weighted by molar-refractivity contribution is 0.0538. The maximum atomic E-state index is 11.2. The molecule has 75 valence electrons. The molecule has 1 fully saturated rings. The van der Waals surface area contributed by atoms with Crippen LogP contribution < -0.4 is 5.32 Å². The Morgan fingerprint density at radius 2 is 2.23 bits per heavy atom. The third-order valence-electron chi connectivity index (χ3n) is 1.95. The van der Waals surface area contributed by atoms with Crippen LogP contribution in [0, 0.1) is 12.0 Å². The van der Waals surface area contributed by atoms with Crippen LogP contribution in [-0.2, 0) is 4.74 Å². The van der Waals surface area contributed by atoms with Gasteiger partial charge in [0.25, 0.3) is 0 Å². The third kappa shape index (κ3) is 3.66. The number of ether oxygens (including phenoxy) is 1. The summed E-state index contributed by atoms with van der Waals surface area (Å²) < 4.78 is 5.11. The van der Waals surface area contributed by atoms with Gasteiger partial charge in [0, 0.05) is 0 Å². The minimum Gasteiger partial charge on any atom is -0.444 e. The van der Waals surface area contributed by atoms with E-state index >= 15 is 0 Å². The molecule has 0 saturated heterocycles. The Morgan fingerprint density at radius 3 is 2.62 bits per heavy atom. The van der Waals surface area contributed by atoms with Crippen LogP contribution in [0.4, 0.5) is 4.79 Å². The normalized spacial score (nSPS) is 22.6. The van der Waals surface area contributed by atoms with E-state index in [2.05, 4.69) is 12.2 Å². The lowest BCUT2D eigenvalue weighted by Crippen LogP contribution is -2.31. The van der Waals surface area contributed by atoms with Crippen molar-refractivity contribution in [2.75, 3.05) is 0 Å². The van der Waals surface area contributed by atoms with E-state index in [1.807, 2.05) is 20.8 Å². The summed E-state index contributed by atoms with van der Waals surface area (Å²) in [7, 11) is 0. The number of carbonyl (C=O) groups excluding carboxylic acids is 1. The number of nitrogens with one attached hydrogen (secondary N) is 1. The van der Waals surface area contributed by atoms with Crippen LogP contribution in [0.25, 0.3) is 0 Å². The zero-order valence-corrected chi connectivity index (χ0v) is 8.81. The first-order chi connectivity index (χ1) is 5.92. The molecule has 1 atom stereocenters. The Morgan fingerprint density at radius 1 is 1.62 bits per heavy atom. The summed E-state index contributed by atoms with van der Waals surface area (Å²) in [6.45, 7) is 7.71. The van der Waals surface area contributed by atoms with Gasteiger partial charge in [0.1, 0.15) is 5.60 Å². The van der Waals surface area contributed by atoms with Crippen molar-refractivity contribution in [3.05, 3.63) is 6.04 Å². The van der Waals surface area contributed by atoms with Crippen molar-refractivity contribution in [2.24, 2.45) is 5.92 Å². The SMILES string of the molecule is CCC1C[C]1NC(=O)OC(C)(C)C. The van der Waals surface area contributed by atoms with Gasteiger partial charge in [-0.15, -0.1) is 0 Å². The second-order valence-corrected chi connectivity index (χ2v) is 4.46. The van der Waals surface area contributed by atoms with Gasteiger partial charge in [-0.1, -0.05) is 13.3 Å². The topological polar surface area (TPSA) is 38.3 Å². The van der Waals surface area contributed by atoms with Gasteiger partial charge in [0.2, 0.25) is 0 Å². The Kier molecular flexibility index (Phi) is 2.84. The average Bonchev–Trinajstić information content (AvgIpc) is 2.62. The van der Waals surface area contributed by atoms with Gasteiger partial charge in [-0.25, -0.2) is 4.79 Å². The quantitative estimate of drug-likeness (QED) is 0.716. The monoisotopic (exact) mass is 184 g/mol. The van der Waals surface area contributed by atoms with Crippen LogP contribution in [0.1, 0.15) is 40.5 Å². The average molecular weight is 184 g/mol. The first-order valence-corrected chi connectivity index (χ1v) is 4.78. The molecule has 1 unspecified atom stereocenters. The van der Waals surface area contributed by atoms with Crippen LogP contribution >= 0.6 is 0 Å². The van der Waals surface area contributed by atoms with E-state index in [0.29, 0.717) is 5.92 Å². The Hall–Kier alpha value is -0.730. The van der Waals surface area contributed by atoms with Crippen LogP contribution in [0.3, 0.4) is 0 Å². The lowest BCUT2D eigenvalue weighted by Gasteiger charge is -2.19. The molecule has 1 saturated carbocycles. The number of amides is 1. The largest absolute Gasteiger partial charge is 0.444 e. The smallest absolute Gasteiger partial charge is 0.408 e. The summed E-state index contributed by atoms with van der Waals surface area (Å²) in [5.41, 5.74) is -0.402. The van der Waals surface area contributed by atoms with Crippen molar-refractivity contribution in [2.45, 2.75) is 46.1 Å². The standard InChI is InChI=1S/C10H18NO2/c1-5-7-6-8(7)11-9(12)13-10(2,3)4/h7H,5-6H2,1-4H3,(H,11,12). The van der Waals surface area contributed by atoms with E-state index in [-0.39, 0.29) is 6.09 Å². The van der Waals surface area contributed by atoms with Crippen LogP contribution in [0.2, 0.25) is 0 Å². The zero-order valence-electron chi connectivity index (χ0n) is 8.81. The van der Waals surface area contributed by atoms with Crippen molar-refractivity contribution in [3.8, 4) is 0 Å². The summed E-state index contributed by atoms with van der Waals surface area (Å²) in [4.78, 5) is 11.2.